The van der Waals surface area contributed by atoms with E-state index in [0.29, 0.717) is 12.6 Å². The number of nitrogens with zero attached hydrogens (tertiary/aromatic N) is 4. The standard InChI is InChI=1S/C35H47N5O3/c1-6-38(7-2)14-19-43-31-21-27-28(22-30(31)40-12-10-25(11-13-40)39-15-17-42-18-16-39)35(3,4)34-32(33(27)41)26-9-8-24(23-36-5)20-29(26)37-34/h8-9,20-23,25,37H,6-7,10-19H2,1-5H3/b36-23-. The minimum absolute atomic E-state index is 0.0682. The smallest absolute Gasteiger partial charge is 0.195 e. The summed E-state index contributed by atoms with van der Waals surface area (Å²) in [7, 11) is 1.78. The molecule has 0 amide bonds. The third-order valence-corrected chi connectivity index (χ3v) is 9.90. The van der Waals surface area contributed by atoms with Crippen molar-refractivity contribution in [3.05, 3.63) is 58.3 Å². The molecule has 2 aromatic carbocycles. The molecule has 2 aliphatic heterocycles. The van der Waals surface area contributed by atoms with E-state index < -0.39 is 0 Å². The number of likely N-dealkylation sites (N-methyl/N-ethyl adjacent to an activating group) is 1. The molecule has 8 nitrogen and oxygen atoms in total. The molecule has 3 aliphatic rings. The first-order valence-electron chi connectivity index (χ1n) is 16.1. The summed E-state index contributed by atoms with van der Waals surface area (Å²) >= 11 is 0. The van der Waals surface area contributed by atoms with Crippen LogP contribution in [0.15, 0.2) is 35.3 Å². The second kappa shape index (κ2) is 12.4. The van der Waals surface area contributed by atoms with Gasteiger partial charge in [0, 0.05) is 79.6 Å². The van der Waals surface area contributed by atoms with Crippen LogP contribution in [-0.2, 0) is 10.2 Å². The summed E-state index contributed by atoms with van der Waals surface area (Å²) < 4.78 is 12.2. The van der Waals surface area contributed by atoms with Gasteiger partial charge < -0.3 is 24.3 Å². The molecule has 0 bridgehead atoms. The van der Waals surface area contributed by atoms with E-state index in [1.165, 1.54) is 0 Å². The molecule has 0 atom stereocenters. The lowest BCUT2D eigenvalue weighted by atomic mass is 9.71. The molecule has 43 heavy (non-hydrogen) atoms. The van der Waals surface area contributed by atoms with Crippen LogP contribution < -0.4 is 9.64 Å². The molecular formula is C35H47N5O3. The van der Waals surface area contributed by atoms with Gasteiger partial charge in [-0.15, -0.1) is 0 Å². The van der Waals surface area contributed by atoms with Crippen molar-refractivity contribution in [2.24, 2.45) is 4.99 Å². The van der Waals surface area contributed by atoms with Crippen LogP contribution in [0.3, 0.4) is 0 Å². The number of H-pyrrole nitrogens is 1. The largest absolute Gasteiger partial charge is 0.490 e. The third kappa shape index (κ3) is 5.61. The molecule has 0 unspecified atom stereocenters. The zero-order valence-electron chi connectivity index (χ0n) is 26.5. The molecule has 3 aromatic rings. The maximum Gasteiger partial charge on any atom is 0.195 e. The van der Waals surface area contributed by atoms with E-state index in [1.54, 1.807) is 7.05 Å². The number of nitrogens with one attached hydrogen (secondary N) is 1. The maximum absolute atomic E-state index is 14.3. The Kier molecular flexibility index (Phi) is 8.63. The summed E-state index contributed by atoms with van der Waals surface area (Å²) in [4.78, 5) is 29.6. The predicted molar refractivity (Wildman–Crippen MR) is 175 cm³/mol. The average molecular weight is 586 g/mol. The van der Waals surface area contributed by atoms with Gasteiger partial charge in [0.15, 0.2) is 5.78 Å². The first-order valence-corrected chi connectivity index (χ1v) is 16.1. The zero-order chi connectivity index (χ0) is 30.1. The Morgan fingerprint density at radius 1 is 1.09 bits per heavy atom. The number of ether oxygens (including phenoxy) is 2. The van der Waals surface area contributed by atoms with Crippen molar-refractivity contribution < 1.29 is 14.3 Å². The minimum atomic E-state index is -0.378. The molecular weight excluding hydrogens is 538 g/mol. The number of hydrogen-bond donors (Lipinski definition) is 1. The number of hydrogen-bond acceptors (Lipinski definition) is 7. The van der Waals surface area contributed by atoms with E-state index in [-0.39, 0.29) is 11.2 Å². The van der Waals surface area contributed by atoms with Crippen LogP contribution in [0, 0.1) is 0 Å². The highest BCUT2D eigenvalue weighted by Gasteiger charge is 2.41. The van der Waals surface area contributed by atoms with Gasteiger partial charge in [0.2, 0.25) is 0 Å². The summed E-state index contributed by atoms with van der Waals surface area (Å²) in [6.07, 6.45) is 4.08. The van der Waals surface area contributed by atoms with E-state index in [2.05, 4.69) is 70.6 Å². The van der Waals surface area contributed by atoms with Gasteiger partial charge in [-0.2, -0.15) is 0 Å². The SMILES string of the molecule is CCN(CC)CCOc1cc2c(cc1N1CCC(N3CCOCC3)CC1)C(C)(C)c1[nH]c3cc(/C=N\C)ccc3c1C2=O. The van der Waals surface area contributed by atoms with Gasteiger partial charge in [0.05, 0.1) is 24.5 Å². The first-order chi connectivity index (χ1) is 20.8. The highest BCUT2D eigenvalue weighted by atomic mass is 16.5. The summed E-state index contributed by atoms with van der Waals surface area (Å²) in [5, 5.41) is 0.963. The van der Waals surface area contributed by atoms with E-state index in [4.69, 9.17) is 9.47 Å². The molecule has 2 saturated heterocycles. The number of aromatic nitrogens is 1. The molecule has 6 rings (SSSR count). The topological polar surface area (TPSA) is 73.4 Å². The van der Waals surface area contributed by atoms with Crippen molar-refractivity contribution in [1.29, 1.82) is 0 Å². The fraction of sp³-hybridized carbons (Fsp3) is 0.543. The number of benzene rings is 2. The van der Waals surface area contributed by atoms with E-state index in [0.717, 1.165) is 122 Å². The van der Waals surface area contributed by atoms with Crippen LogP contribution in [0.25, 0.3) is 10.9 Å². The molecule has 3 heterocycles. The summed E-state index contributed by atoms with van der Waals surface area (Å²) in [5.41, 5.74) is 6.30. The van der Waals surface area contributed by atoms with Crippen molar-refractivity contribution in [3.63, 3.8) is 0 Å². The van der Waals surface area contributed by atoms with Crippen molar-refractivity contribution in [2.75, 3.05) is 77.6 Å². The van der Waals surface area contributed by atoms with Crippen LogP contribution in [0.1, 0.15) is 73.3 Å². The lowest BCUT2D eigenvalue weighted by molar-refractivity contribution is 0.0115. The minimum Gasteiger partial charge on any atom is -0.490 e. The van der Waals surface area contributed by atoms with E-state index in [1.807, 2.05) is 18.3 Å². The molecule has 2 fully saturated rings. The number of aromatic amines is 1. The third-order valence-electron chi connectivity index (χ3n) is 9.90. The number of anilines is 1. The number of rotatable bonds is 9. The monoisotopic (exact) mass is 585 g/mol. The number of carbonyl (C=O) groups excluding carboxylic acids is 1. The van der Waals surface area contributed by atoms with Gasteiger partial charge in [0.25, 0.3) is 0 Å². The lowest BCUT2D eigenvalue weighted by Gasteiger charge is -2.42. The van der Waals surface area contributed by atoms with Crippen molar-refractivity contribution in [2.45, 2.75) is 52.0 Å². The van der Waals surface area contributed by atoms with Gasteiger partial charge >= 0.3 is 0 Å². The van der Waals surface area contributed by atoms with Gasteiger partial charge in [-0.25, -0.2) is 0 Å². The van der Waals surface area contributed by atoms with Crippen LogP contribution in [-0.4, -0.2) is 106 Å². The second-order valence-electron chi connectivity index (χ2n) is 12.6. The molecule has 1 N–H and O–H groups in total. The van der Waals surface area contributed by atoms with Gasteiger partial charge in [-0.3, -0.25) is 14.7 Å². The Morgan fingerprint density at radius 2 is 1.84 bits per heavy atom. The number of piperidine rings is 1. The highest BCUT2D eigenvalue weighted by molar-refractivity contribution is 6.20. The Hall–Kier alpha value is -3.20. The van der Waals surface area contributed by atoms with Crippen molar-refractivity contribution in [3.8, 4) is 5.75 Å². The first kappa shape index (κ1) is 29.9. The summed E-state index contributed by atoms with van der Waals surface area (Å²) in [6.45, 7) is 17.9. The fourth-order valence-electron chi connectivity index (χ4n) is 7.29. The Morgan fingerprint density at radius 3 is 2.53 bits per heavy atom. The fourth-order valence-corrected chi connectivity index (χ4v) is 7.29. The number of morpholine rings is 1. The van der Waals surface area contributed by atoms with Crippen molar-refractivity contribution >= 4 is 28.6 Å². The molecule has 230 valence electrons. The van der Waals surface area contributed by atoms with E-state index >= 15 is 0 Å². The quantitative estimate of drug-likeness (QED) is 0.352. The zero-order valence-corrected chi connectivity index (χ0v) is 26.5. The number of fused-ring (bicyclic) bond motifs is 4. The normalized spacial score (nSPS) is 19.4. The summed E-state index contributed by atoms with van der Waals surface area (Å²) in [6, 6.07) is 11.1. The highest BCUT2D eigenvalue weighted by Crippen LogP contribution is 2.47. The molecule has 8 heteroatoms. The Labute approximate surface area is 256 Å². The van der Waals surface area contributed by atoms with Gasteiger partial charge in [-0.05, 0) is 55.3 Å². The van der Waals surface area contributed by atoms with Crippen LogP contribution >= 0.6 is 0 Å². The number of aliphatic imine (C=N–C) groups is 1. The van der Waals surface area contributed by atoms with Gasteiger partial charge in [-0.1, -0.05) is 39.8 Å². The predicted octanol–water partition coefficient (Wildman–Crippen LogP) is 5.11. The Bertz CT molecular complexity index is 1490. The van der Waals surface area contributed by atoms with E-state index in [9.17, 15) is 4.79 Å². The molecule has 1 aromatic heterocycles. The lowest BCUT2D eigenvalue weighted by Crippen LogP contribution is -2.49. The molecule has 0 saturated carbocycles. The van der Waals surface area contributed by atoms with Crippen LogP contribution in [0.2, 0.25) is 0 Å². The second-order valence-corrected chi connectivity index (χ2v) is 12.6. The number of ketones is 1. The summed E-state index contributed by atoms with van der Waals surface area (Å²) in [5.74, 6) is 0.892. The molecule has 0 radical (unpaired) electrons. The number of carbonyl (C=O) groups is 1. The van der Waals surface area contributed by atoms with Crippen LogP contribution in [0.4, 0.5) is 5.69 Å². The molecule has 1 aliphatic carbocycles. The Balaban J connectivity index is 1.36. The maximum atomic E-state index is 14.3. The van der Waals surface area contributed by atoms with Gasteiger partial charge in [0.1, 0.15) is 12.4 Å². The average Bonchev–Trinajstić information content (AvgIpc) is 3.43. The molecule has 0 spiro atoms. The van der Waals surface area contributed by atoms with Crippen LogP contribution in [0.5, 0.6) is 5.75 Å². The van der Waals surface area contributed by atoms with Crippen molar-refractivity contribution in [1.82, 2.24) is 14.8 Å².